The van der Waals surface area contributed by atoms with Crippen LogP contribution in [0.1, 0.15) is 298 Å². The second-order valence-corrected chi connectivity index (χ2v) is 37.0. The number of nitrogens with zero attached hydrogens (tertiary/aromatic N) is 2. The van der Waals surface area contributed by atoms with Crippen molar-refractivity contribution in [2.24, 2.45) is 85.2 Å². The summed E-state index contributed by atoms with van der Waals surface area (Å²) in [6, 6.07) is 0. The van der Waals surface area contributed by atoms with Gasteiger partial charge in [0.25, 0.3) is 0 Å². The minimum Gasteiger partial charge on any atom is -0.381 e. The van der Waals surface area contributed by atoms with Crippen molar-refractivity contribution in [1.29, 1.82) is 0 Å². The van der Waals surface area contributed by atoms with E-state index < -0.39 is 10.8 Å². The molecule has 2 aliphatic carbocycles. The van der Waals surface area contributed by atoms with E-state index in [1.165, 1.54) is 77.0 Å². The van der Waals surface area contributed by atoms with Crippen LogP contribution in [0.15, 0.2) is 0 Å². The Hall–Kier alpha value is -0.580. The molecular weight excluding hydrogens is 1060 g/mol. The van der Waals surface area contributed by atoms with Crippen LogP contribution in [-0.2, 0) is 34.5 Å². The third-order valence-electron chi connectivity index (χ3n) is 19.2. The highest BCUT2D eigenvalue weighted by Gasteiger charge is 2.33. The molecule has 1 amide bonds. The fourth-order valence-corrected chi connectivity index (χ4v) is 12.1. The zero-order valence-electron chi connectivity index (χ0n) is 62.7. The molecule has 0 aromatic rings. The van der Waals surface area contributed by atoms with Crippen LogP contribution < -0.4 is 0 Å². The van der Waals surface area contributed by atoms with Crippen molar-refractivity contribution in [3.05, 3.63) is 0 Å². The highest BCUT2D eigenvalue weighted by Crippen LogP contribution is 2.42. The van der Waals surface area contributed by atoms with Gasteiger partial charge in [0.05, 0.1) is 13.2 Å². The first kappa shape index (κ1) is 85.5. The molecule has 1 unspecified atom stereocenters. The molecule has 2 saturated carbocycles. The second kappa shape index (κ2) is 41.0. The van der Waals surface area contributed by atoms with E-state index in [1.807, 2.05) is 18.7 Å². The maximum atomic E-state index is 11.1. The van der Waals surface area contributed by atoms with Gasteiger partial charge < -0.3 is 23.8 Å². The average Bonchev–Trinajstić information content (AvgIpc) is 3.87. The maximum Gasteiger partial charge on any atom is 0.219 e. The Labute approximate surface area is 530 Å². The number of hydrogen-bond donors (Lipinski definition) is 0. The predicted molar refractivity (Wildman–Crippen MR) is 372 cm³/mol. The van der Waals surface area contributed by atoms with Gasteiger partial charge in [0, 0.05) is 101 Å². The summed E-state index contributed by atoms with van der Waals surface area (Å²) < 4.78 is 31.9. The monoisotopic (exact) mass is 1210 g/mol. The lowest BCUT2D eigenvalue weighted by molar-refractivity contribution is -0.130. The number of likely N-dealkylation sites (tertiary alicyclic amines) is 1. The van der Waals surface area contributed by atoms with Crippen LogP contribution in [0.5, 0.6) is 0 Å². The van der Waals surface area contributed by atoms with Crippen molar-refractivity contribution in [1.82, 2.24) is 9.80 Å². The Morgan fingerprint density at radius 3 is 1.01 bits per heavy atom. The van der Waals surface area contributed by atoms with E-state index in [4.69, 9.17) is 18.9 Å². The summed E-state index contributed by atoms with van der Waals surface area (Å²) in [6.45, 7) is 79.2. The molecule has 0 N–H and O–H groups in total. The molecule has 6 aliphatic heterocycles. The summed E-state index contributed by atoms with van der Waals surface area (Å²) in [6.07, 6.45) is 18.5. The van der Waals surface area contributed by atoms with Crippen molar-refractivity contribution in [3.8, 4) is 0 Å². The van der Waals surface area contributed by atoms with Gasteiger partial charge in [-0.1, -0.05) is 199 Å². The minimum atomic E-state index is -0.496. The largest absolute Gasteiger partial charge is 0.381 e. The summed E-state index contributed by atoms with van der Waals surface area (Å²) in [4.78, 5) is 15.5. The first-order valence-corrected chi connectivity index (χ1v) is 36.4. The van der Waals surface area contributed by atoms with Crippen molar-refractivity contribution in [2.45, 2.75) is 303 Å². The summed E-state index contributed by atoms with van der Waals surface area (Å²) in [5.74, 6) is 9.08. The lowest BCUT2D eigenvalue weighted by Crippen LogP contribution is -2.47. The van der Waals surface area contributed by atoms with E-state index in [9.17, 15) is 9.00 Å². The van der Waals surface area contributed by atoms with Gasteiger partial charge in [0.2, 0.25) is 5.91 Å². The van der Waals surface area contributed by atoms with Gasteiger partial charge in [-0.05, 0) is 177 Å². The van der Waals surface area contributed by atoms with Gasteiger partial charge in [0.1, 0.15) is 0 Å². The lowest BCUT2D eigenvalue weighted by Gasteiger charge is -2.38. The van der Waals surface area contributed by atoms with Crippen LogP contribution in [0.25, 0.3) is 0 Å². The number of hydrogen-bond acceptors (Lipinski definition) is 7. The Morgan fingerprint density at radius 1 is 0.452 bits per heavy atom. The van der Waals surface area contributed by atoms with Crippen molar-refractivity contribution in [3.63, 3.8) is 0 Å². The van der Waals surface area contributed by atoms with Gasteiger partial charge in [0.15, 0.2) is 0 Å². The van der Waals surface area contributed by atoms with Crippen LogP contribution in [0, 0.1) is 85.2 Å². The lowest BCUT2D eigenvalue weighted by atomic mass is 9.69. The summed E-state index contributed by atoms with van der Waals surface area (Å²) in [5, 5.41) is 0. The highest BCUT2D eigenvalue weighted by molar-refractivity contribution is 7.85. The standard InChI is InChI=1S/C11H21NO.C9H18OS.C9H18O.C8H17NO.C8H16O.2C8H16.C7H16.C5H10O.C2H6/c1-9(13)12-7-5-10(6-8-12)11(2,3)4;1-9(2,3)8-4-6-11(10)7-5-8;1-9(2,3)8-4-6-10-7-5-8;1-8(2,3)9-4-6-10-7-5-9;1-8(2,3)7-4-5-9-6-7;1-8(2,3)6-7-4-5-7;1-8(2,3)7-5-4-6-7;1-6(2)7(3,4)5;1-5-2-3-6-4-5;1-2/h10H,5-8H2,1-4H3;8H,4-7H2,1-3H3;8H,4-7H2,1-3H3;4-7H2,1-3H3;7H,4-6H2,1-3H3;2*7H,4-6H2,1-3H3;6H,1-5H3;5H,2-4H2,1H3;1-2H3/t;;;;;;;;5-;/m........1./s1. The predicted octanol–water partition coefficient (Wildman–Crippen LogP) is 20.6. The zero-order chi connectivity index (χ0) is 65.6. The Morgan fingerprint density at radius 2 is 0.798 bits per heavy atom. The first-order valence-electron chi connectivity index (χ1n) is 34.9. The van der Waals surface area contributed by atoms with Crippen molar-refractivity contribution >= 4 is 16.7 Å². The van der Waals surface area contributed by atoms with Crippen LogP contribution >= 0.6 is 0 Å². The number of piperidine rings is 1. The summed E-state index contributed by atoms with van der Waals surface area (Å²) >= 11 is 0. The molecule has 9 heteroatoms. The van der Waals surface area contributed by atoms with Crippen LogP contribution in [0.2, 0.25) is 0 Å². The van der Waals surface area contributed by atoms with Gasteiger partial charge in [-0.2, -0.15) is 0 Å². The molecule has 8 nitrogen and oxygen atoms in total. The maximum absolute atomic E-state index is 11.1. The van der Waals surface area contributed by atoms with E-state index in [0.29, 0.717) is 43.4 Å². The molecule has 0 aromatic carbocycles. The molecule has 84 heavy (non-hydrogen) atoms. The molecule has 0 spiro atoms. The molecule has 0 radical (unpaired) electrons. The minimum absolute atomic E-state index is 0.229. The zero-order valence-corrected chi connectivity index (χ0v) is 63.5. The van der Waals surface area contributed by atoms with Gasteiger partial charge in [-0.15, -0.1) is 0 Å². The summed E-state index contributed by atoms with van der Waals surface area (Å²) in [7, 11) is -0.496. The van der Waals surface area contributed by atoms with Crippen LogP contribution in [-0.4, -0.2) is 116 Å². The fourth-order valence-electron chi connectivity index (χ4n) is 10.9. The van der Waals surface area contributed by atoms with Crippen molar-refractivity contribution < 1.29 is 28.0 Å². The molecule has 8 rings (SSSR count). The van der Waals surface area contributed by atoms with E-state index in [2.05, 4.69) is 192 Å². The number of morpholine rings is 1. The molecule has 6 heterocycles. The van der Waals surface area contributed by atoms with Gasteiger partial charge >= 0.3 is 0 Å². The topological polar surface area (TPSA) is 77.5 Å². The Bertz CT molecular complexity index is 1580. The van der Waals surface area contributed by atoms with Crippen LogP contribution in [0.4, 0.5) is 0 Å². The second-order valence-electron chi connectivity index (χ2n) is 35.3. The normalized spacial score (nSPS) is 24.0. The SMILES string of the molecule is CC.CC(=O)N1CCC(C(C)(C)C)CC1.CC(C)(C)C1CCC1.CC(C)(C)C1CCOC1.CC(C)(C)C1CCOCC1.CC(C)(C)C1CCS(=O)CC1.CC(C)(C)CC1CC1.CC(C)(C)N1CCOCC1.CC(C)C(C)(C)C.C[C@@H]1CCOC1. The molecule has 0 bridgehead atoms. The number of carbonyl (C=O) groups is 1. The molecule has 6 saturated heterocycles. The third-order valence-corrected chi connectivity index (χ3v) is 20.5. The Balaban J connectivity index is 0. The molecular formula is C75H154N2O6S. The smallest absolute Gasteiger partial charge is 0.219 e. The quantitative estimate of drug-likeness (QED) is 0.259. The molecule has 2 atom stereocenters. The number of rotatable bonds is 1. The average molecular weight is 1210 g/mol. The van der Waals surface area contributed by atoms with E-state index in [0.717, 1.165) is 151 Å². The molecule has 8 fully saturated rings. The summed E-state index contributed by atoms with van der Waals surface area (Å²) in [5.41, 5.74) is 3.77. The first-order chi connectivity index (χ1) is 38.2. The highest BCUT2D eigenvalue weighted by atomic mass is 32.2. The van der Waals surface area contributed by atoms with E-state index in [-0.39, 0.29) is 5.91 Å². The number of carbonyl (C=O) groups excluding carboxylic acids is 1. The third kappa shape index (κ3) is 44.0. The van der Waals surface area contributed by atoms with Gasteiger partial charge in [-0.3, -0.25) is 13.9 Å². The Kier molecular flexibility index (Phi) is 41.7. The number of ether oxygens (including phenoxy) is 4. The van der Waals surface area contributed by atoms with E-state index in [1.54, 1.807) is 6.92 Å². The van der Waals surface area contributed by atoms with Gasteiger partial charge in [-0.25, -0.2) is 0 Å². The van der Waals surface area contributed by atoms with Crippen molar-refractivity contribution in [2.75, 3.05) is 90.5 Å². The fraction of sp³-hybridized carbons (Fsp3) is 0.987. The molecule has 0 aromatic heterocycles. The number of amides is 1. The molecule has 8 aliphatic rings. The van der Waals surface area contributed by atoms with E-state index >= 15 is 0 Å². The van der Waals surface area contributed by atoms with Crippen LogP contribution in [0.3, 0.4) is 0 Å². The molecule has 506 valence electrons.